The van der Waals surface area contributed by atoms with E-state index < -0.39 is 0 Å². The highest BCUT2D eigenvalue weighted by Crippen LogP contribution is 2.17. The molecule has 0 saturated heterocycles. The van der Waals surface area contributed by atoms with Gasteiger partial charge >= 0.3 is 0 Å². The number of aryl methyl sites for hydroxylation is 1. The van der Waals surface area contributed by atoms with Crippen LogP contribution >= 0.6 is 11.8 Å². The summed E-state index contributed by atoms with van der Waals surface area (Å²) >= 11 is 1.68. The Kier molecular flexibility index (Phi) is 5.04. The Labute approximate surface area is 150 Å². The van der Waals surface area contributed by atoms with Crippen LogP contribution in [0.4, 0.5) is 11.5 Å². The highest BCUT2D eigenvalue weighted by molar-refractivity contribution is 7.98. The Hall–Kier alpha value is -2.80. The molecule has 0 bridgehead atoms. The highest BCUT2D eigenvalue weighted by atomic mass is 32.2. The van der Waals surface area contributed by atoms with Crippen molar-refractivity contribution in [1.82, 2.24) is 15.0 Å². The Morgan fingerprint density at radius 2 is 2.00 bits per heavy atom. The van der Waals surface area contributed by atoms with Crippen molar-refractivity contribution in [2.45, 2.75) is 18.4 Å². The van der Waals surface area contributed by atoms with E-state index in [2.05, 4.69) is 15.6 Å². The van der Waals surface area contributed by atoms with Gasteiger partial charge in [0.2, 0.25) is 0 Å². The molecule has 3 aromatic rings. The zero-order valence-electron chi connectivity index (χ0n) is 14.1. The quantitative estimate of drug-likeness (QED) is 0.688. The van der Waals surface area contributed by atoms with Crippen LogP contribution in [0.2, 0.25) is 0 Å². The van der Waals surface area contributed by atoms with Crippen LogP contribution in [0.1, 0.15) is 21.6 Å². The largest absolute Gasteiger partial charge is 0.382 e. The van der Waals surface area contributed by atoms with Crippen LogP contribution < -0.4 is 11.1 Å². The second-order valence-electron chi connectivity index (χ2n) is 5.65. The molecule has 1 aromatic heterocycles. The van der Waals surface area contributed by atoms with Crippen molar-refractivity contribution in [2.24, 2.45) is 0 Å². The fraction of sp³-hybridized carbons (Fsp3) is 0.167. The van der Waals surface area contributed by atoms with E-state index in [4.69, 9.17) is 5.73 Å². The van der Waals surface area contributed by atoms with Gasteiger partial charge in [-0.05, 0) is 48.6 Å². The summed E-state index contributed by atoms with van der Waals surface area (Å²) in [7, 11) is 0. The number of nitrogens with zero attached hydrogens (tertiary/aromatic N) is 3. The molecule has 25 heavy (non-hydrogen) atoms. The number of nitrogens with one attached hydrogen (secondary N) is 1. The lowest BCUT2D eigenvalue weighted by Gasteiger charge is -2.06. The van der Waals surface area contributed by atoms with Crippen LogP contribution in [0.15, 0.2) is 53.4 Å². The first-order valence-corrected chi connectivity index (χ1v) is 8.99. The standard InChI is InChI=1S/C18H19N5OS/c1-12-4-3-5-14(10-12)20-18(24)16-17(19)23(22-21-16)11-13-6-8-15(25-2)9-7-13/h3-10H,11,19H2,1-2H3,(H,20,24). The second-order valence-corrected chi connectivity index (χ2v) is 6.53. The smallest absolute Gasteiger partial charge is 0.280 e. The minimum absolute atomic E-state index is 0.127. The number of hydrogen-bond donors (Lipinski definition) is 2. The lowest BCUT2D eigenvalue weighted by Crippen LogP contribution is -2.15. The van der Waals surface area contributed by atoms with Crippen molar-refractivity contribution in [3.8, 4) is 0 Å². The van der Waals surface area contributed by atoms with E-state index in [1.807, 2.05) is 61.7 Å². The molecule has 2 aromatic carbocycles. The van der Waals surface area contributed by atoms with Crippen molar-refractivity contribution in [2.75, 3.05) is 17.3 Å². The topological polar surface area (TPSA) is 85.8 Å². The average molecular weight is 353 g/mol. The van der Waals surface area contributed by atoms with Crippen LogP contribution in [0.3, 0.4) is 0 Å². The van der Waals surface area contributed by atoms with Gasteiger partial charge in [0.1, 0.15) is 0 Å². The molecule has 0 saturated carbocycles. The first kappa shape index (κ1) is 17.0. The normalized spacial score (nSPS) is 10.6. The molecule has 0 spiro atoms. The van der Waals surface area contributed by atoms with Gasteiger partial charge in [-0.1, -0.05) is 29.5 Å². The summed E-state index contributed by atoms with van der Waals surface area (Å²) in [5, 5.41) is 10.7. The predicted molar refractivity (Wildman–Crippen MR) is 101 cm³/mol. The molecule has 0 fully saturated rings. The summed E-state index contributed by atoms with van der Waals surface area (Å²) in [4.78, 5) is 13.6. The van der Waals surface area contributed by atoms with Crippen molar-refractivity contribution in [1.29, 1.82) is 0 Å². The zero-order valence-corrected chi connectivity index (χ0v) is 14.9. The third-order valence-corrected chi connectivity index (χ3v) is 4.50. The number of amides is 1. The number of nitrogen functional groups attached to an aromatic ring is 1. The summed E-state index contributed by atoms with van der Waals surface area (Å²) in [6, 6.07) is 15.6. The van der Waals surface area contributed by atoms with Crippen LogP contribution in [-0.2, 0) is 6.54 Å². The van der Waals surface area contributed by atoms with Gasteiger partial charge in [-0.15, -0.1) is 16.9 Å². The SMILES string of the molecule is CSc1ccc(Cn2nnc(C(=O)Nc3cccc(C)c3)c2N)cc1. The molecule has 1 heterocycles. The predicted octanol–water partition coefficient (Wildman–Crippen LogP) is 3.19. The van der Waals surface area contributed by atoms with E-state index in [-0.39, 0.29) is 17.4 Å². The van der Waals surface area contributed by atoms with Crippen LogP contribution in [-0.4, -0.2) is 27.2 Å². The van der Waals surface area contributed by atoms with Crippen molar-refractivity contribution < 1.29 is 4.79 Å². The molecule has 3 rings (SSSR count). The molecule has 0 radical (unpaired) electrons. The number of aromatic nitrogens is 3. The number of carbonyl (C=O) groups is 1. The number of anilines is 2. The molecule has 128 valence electrons. The molecule has 0 aliphatic rings. The number of thioether (sulfide) groups is 1. The Bertz CT molecular complexity index is 889. The maximum absolute atomic E-state index is 12.4. The van der Waals surface area contributed by atoms with E-state index in [1.165, 1.54) is 9.58 Å². The molecule has 0 unspecified atom stereocenters. The number of benzene rings is 2. The number of nitrogens with two attached hydrogens (primary N) is 1. The van der Waals surface area contributed by atoms with Gasteiger partial charge in [0.15, 0.2) is 11.5 Å². The highest BCUT2D eigenvalue weighted by Gasteiger charge is 2.17. The van der Waals surface area contributed by atoms with Crippen LogP contribution in [0.25, 0.3) is 0 Å². The molecule has 1 amide bonds. The molecular formula is C18H19N5OS. The Balaban J connectivity index is 1.74. The van der Waals surface area contributed by atoms with E-state index in [1.54, 1.807) is 11.8 Å². The molecule has 3 N–H and O–H groups in total. The number of rotatable bonds is 5. The molecule has 0 atom stereocenters. The van der Waals surface area contributed by atoms with Gasteiger partial charge in [0.25, 0.3) is 5.91 Å². The van der Waals surface area contributed by atoms with Gasteiger partial charge in [-0.25, -0.2) is 4.68 Å². The first-order chi connectivity index (χ1) is 12.1. The minimum Gasteiger partial charge on any atom is -0.382 e. The molecule has 0 aliphatic heterocycles. The van der Waals surface area contributed by atoms with E-state index in [0.717, 1.165) is 11.1 Å². The van der Waals surface area contributed by atoms with E-state index in [9.17, 15) is 4.79 Å². The fourth-order valence-electron chi connectivity index (χ4n) is 2.42. The van der Waals surface area contributed by atoms with Gasteiger partial charge < -0.3 is 11.1 Å². The van der Waals surface area contributed by atoms with E-state index in [0.29, 0.717) is 12.2 Å². The lowest BCUT2D eigenvalue weighted by atomic mass is 10.2. The zero-order chi connectivity index (χ0) is 17.8. The third-order valence-electron chi connectivity index (χ3n) is 3.76. The molecule has 7 heteroatoms. The third kappa shape index (κ3) is 4.00. The van der Waals surface area contributed by atoms with Gasteiger partial charge in [-0.3, -0.25) is 4.79 Å². The summed E-state index contributed by atoms with van der Waals surface area (Å²) in [6.07, 6.45) is 2.03. The number of hydrogen-bond acceptors (Lipinski definition) is 5. The van der Waals surface area contributed by atoms with Gasteiger partial charge in [0.05, 0.1) is 6.54 Å². The lowest BCUT2D eigenvalue weighted by molar-refractivity contribution is 0.102. The average Bonchev–Trinajstić information content (AvgIpc) is 2.96. The van der Waals surface area contributed by atoms with Crippen molar-refractivity contribution in [3.63, 3.8) is 0 Å². The van der Waals surface area contributed by atoms with Gasteiger partial charge in [-0.2, -0.15) is 0 Å². The summed E-state index contributed by atoms with van der Waals surface area (Å²) < 4.78 is 1.53. The van der Waals surface area contributed by atoms with Crippen LogP contribution in [0.5, 0.6) is 0 Å². The number of carbonyl (C=O) groups excluding carboxylic acids is 1. The van der Waals surface area contributed by atoms with Gasteiger partial charge in [0, 0.05) is 10.6 Å². The molecular weight excluding hydrogens is 334 g/mol. The Morgan fingerprint density at radius 1 is 1.24 bits per heavy atom. The minimum atomic E-state index is -0.368. The maximum Gasteiger partial charge on any atom is 0.280 e. The summed E-state index contributed by atoms with van der Waals surface area (Å²) in [5.74, 6) is -0.119. The molecule has 6 nitrogen and oxygen atoms in total. The van der Waals surface area contributed by atoms with Crippen LogP contribution in [0, 0.1) is 6.92 Å². The van der Waals surface area contributed by atoms with Crippen molar-refractivity contribution in [3.05, 3.63) is 65.4 Å². The fourth-order valence-corrected chi connectivity index (χ4v) is 2.82. The molecule has 0 aliphatic carbocycles. The first-order valence-electron chi connectivity index (χ1n) is 7.76. The van der Waals surface area contributed by atoms with Crippen molar-refractivity contribution >= 4 is 29.2 Å². The monoisotopic (exact) mass is 353 g/mol. The Morgan fingerprint density at radius 3 is 2.68 bits per heavy atom. The van der Waals surface area contributed by atoms with E-state index >= 15 is 0 Å². The summed E-state index contributed by atoms with van der Waals surface area (Å²) in [5.41, 5.74) is 8.99. The second kappa shape index (κ2) is 7.40. The maximum atomic E-state index is 12.4. The summed E-state index contributed by atoms with van der Waals surface area (Å²) in [6.45, 7) is 2.42.